The molecule has 1 unspecified atom stereocenters. The van der Waals surface area contributed by atoms with Crippen LogP contribution >= 0.6 is 0 Å². The van der Waals surface area contributed by atoms with E-state index in [1.807, 2.05) is 0 Å². The number of carboxylic acids is 1. The lowest BCUT2D eigenvalue weighted by Crippen LogP contribution is -2.33. The molecule has 0 radical (unpaired) electrons. The first-order chi connectivity index (χ1) is 8.30. The molecular formula is C15H28O3. The van der Waals surface area contributed by atoms with E-state index >= 15 is 0 Å². The number of carbonyl (C=O) groups is 2. The average molecular weight is 256 g/mol. The Morgan fingerprint density at radius 3 is 1.94 bits per heavy atom. The third-order valence-corrected chi connectivity index (χ3v) is 3.20. The molecule has 0 aromatic heterocycles. The number of carboxylic acid groups (broad SMARTS) is 1. The Kier molecular flexibility index (Phi) is 7.88. The van der Waals surface area contributed by atoms with Gasteiger partial charge in [-0.15, -0.1) is 0 Å². The zero-order valence-corrected chi connectivity index (χ0v) is 12.3. The standard InChI is InChI=1S/C15H28O3/c1-5-6-7-8-9-10-11-12(14(17)18)13(16)15(2,3)4/h12H,5-11H2,1-4H3,(H,17,18). The number of carbonyl (C=O) groups excluding carboxylic acids is 1. The van der Waals surface area contributed by atoms with E-state index in [2.05, 4.69) is 6.92 Å². The van der Waals surface area contributed by atoms with Gasteiger partial charge < -0.3 is 5.11 Å². The van der Waals surface area contributed by atoms with Crippen LogP contribution in [0.25, 0.3) is 0 Å². The summed E-state index contributed by atoms with van der Waals surface area (Å²) in [4.78, 5) is 23.1. The van der Waals surface area contributed by atoms with E-state index in [0.717, 1.165) is 19.3 Å². The predicted octanol–water partition coefficient (Wildman–Crippen LogP) is 4.05. The van der Waals surface area contributed by atoms with E-state index in [4.69, 9.17) is 5.11 Å². The topological polar surface area (TPSA) is 54.4 Å². The van der Waals surface area contributed by atoms with Gasteiger partial charge in [-0.2, -0.15) is 0 Å². The summed E-state index contributed by atoms with van der Waals surface area (Å²) in [6.45, 7) is 7.52. The predicted molar refractivity (Wildman–Crippen MR) is 73.6 cm³/mol. The van der Waals surface area contributed by atoms with Crippen LogP contribution in [-0.2, 0) is 9.59 Å². The van der Waals surface area contributed by atoms with E-state index in [9.17, 15) is 9.59 Å². The second-order valence-corrected chi connectivity index (χ2v) is 6.06. The summed E-state index contributed by atoms with van der Waals surface area (Å²) in [5, 5.41) is 9.13. The highest BCUT2D eigenvalue weighted by Crippen LogP contribution is 2.24. The summed E-state index contributed by atoms with van der Waals surface area (Å²) in [5.74, 6) is -1.94. The fraction of sp³-hybridized carbons (Fsp3) is 0.867. The van der Waals surface area contributed by atoms with Gasteiger partial charge in [0.05, 0.1) is 0 Å². The Labute approximate surface area is 111 Å². The molecule has 18 heavy (non-hydrogen) atoms. The molecule has 0 bridgehead atoms. The maximum atomic E-state index is 12.0. The molecule has 0 rings (SSSR count). The molecule has 0 saturated carbocycles. The molecule has 1 atom stereocenters. The average Bonchev–Trinajstić information content (AvgIpc) is 2.25. The van der Waals surface area contributed by atoms with Gasteiger partial charge in [0, 0.05) is 5.41 Å². The molecule has 106 valence electrons. The summed E-state index contributed by atoms with van der Waals surface area (Å²) in [7, 11) is 0. The number of unbranched alkanes of at least 4 members (excludes halogenated alkanes) is 5. The quantitative estimate of drug-likeness (QED) is 0.500. The van der Waals surface area contributed by atoms with Crippen LogP contribution in [0.2, 0.25) is 0 Å². The van der Waals surface area contributed by atoms with Gasteiger partial charge >= 0.3 is 5.97 Å². The van der Waals surface area contributed by atoms with Crippen molar-refractivity contribution in [1.82, 2.24) is 0 Å². The van der Waals surface area contributed by atoms with E-state index in [1.165, 1.54) is 19.3 Å². The van der Waals surface area contributed by atoms with Crippen LogP contribution in [0.4, 0.5) is 0 Å². The first-order valence-electron chi connectivity index (χ1n) is 7.07. The number of hydrogen-bond acceptors (Lipinski definition) is 2. The van der Waals surface area contributed by atoms with Crippen molar-refractivity contribution < 1.29 is 14.7 Å². The maximum absolute atomic E-state index is 12.0. The highest BCUT2D eigenvalue weighted by molar-refractivity contribution is 6.00. The Hall–Kier alpha value is -0.860. The van der Waals surface area contributed by atoms with Crippen LogP contribution in [0.1, 0.15) is 72.6 Å². The summed E-state index contributed by atoms with van der Waals surface area (Å²) in [5.41, 5.74) is -0.564. The molecule has 3 heteroatoms. The van der Waals surface area contributed by atoms with Crippen LogP contribution in [0.15, 0.2) is 0 Å². The van der Waals surface area contributed by atoms with E-state index in [1.54, 1.807) is 20.8 Å². The van der Waals surface area contributed by atoms with Crippen molar-refractivity contribution in [3.8, 4) is 0 Å². The van der Waals surface area contributed by atoms with Crippen molar-refractivity contribution in [1.29, 1.82) is 0 Å². The lowest BCUT2D eigenvalue weighted by molar-refractivity contribution is -0.149. The molecule has 0 aliphatic carbocycles. The van der Waals surface area contributed by atoms with E-state index in [-0.39, 0.29) is 5.78 Å². The molecular weight excluding hydrogens is 228 g/mol. The molecule has 0 spiro atoms. The molecule has 3 nitrogen and oxygen atoms in total. The van der Waals surface area contributed by atoms with Gasteiger partial charge in [0.15, 0.2) is 5.78 Å². The van der Waals surface area contributed by atoms with E-state index < -0.39 is 17.3 Å². The largest absolute Gasteiger partial charge is 0.481 e. The minimum absolute atomic E-state index is 0.149. The van der Waals surface area contributed by atoms with Gasteiger partial charge in [-0.1, -0.05) is 66.2 Å². The first kappa shape index (κ1) is 17.1. The van der Waals surface area contributed by atoms with Crippen molar-refractivity contribution in [3.05, 3.63) is 0 Å². The van der Waals surface area contributed by atoms with Gasteiger partial charge in [-0.25, -0.2) is 0 Å². The minimum Gasteiger partial charge on any atom is -0.481 e. The van der Waals surface area contributed by atoms with Crippen LogP contribution in [0.3, 0.4) is 0 Å². The van der Waals surface area contributed by atoms with Crippen LogP contribution in [-0.4, -0.2) is 16.9 Å². The normalized spacial score (nSPS) is 13.3. The van der Waals surface area contributed by atoms with Crippen LogP contribution in [0, 0.1) is 11.3 Å². The zero-order chi connectivity index (χ0) is 14.2. The van der Waals surface area contributed by atoms with Crippen molar-refractivity contribution >= 4 is 11.8 Å². The van der Waals surface area contributed by atoms with Gasteiger partial charge in [-0.3, -0.25) is 9.59 Å². The molecule has 0 heterocycles. The number of ketones is 1. The maximum Gasteiger partial charge on any atom is 0.314 e. The molecule has 0 aliphatic heterocycles. The Morgan fingerprint density at radius 2 is 1.50 bits per heavy atom. The lowest BCUT2D eigenvalue weighted by Gasteiger charge is -2.21. The first-order valence-corrected chi connectivity index (χ1v) is 7.07. The van der Waals surface area contributed by atoms with Crippen molar-refractivity contribution in [2.75, 3.05) is 0 Å². The Morgan fingerprint density at radius 1 is 1.00 bits per heavy atom. The fourth-order valence-electron chi connectivity index (χ4n) is 2.02. The minimum atomic E-state index is -0.969. The molecule has 0 fully saturated rings. The third-order valence-electron chi connectivity index (χ3n) is 3.20. The third kappa shape index (κ3) is 6.77. The van der Waals surface area contributed by atoms with Gasteiger partial charge in [0.25, 0.3) is 0 Å². The summed E-state index contributed by atoms with van der Waals surface area (Å²) in [6.07, 6.45) is 7.15. The number of Topliss-reactive ketones (excluding diaryl/α,β-unsaturated/α-hetero) is 1. The van der Waals surface area contributed by atoms with E-state index in [0.29, 0.717) is 6.42 Å². The lowest BCUT2D eigenvalue weighted by atomic mass is 9.81. The van der Waals surface area contributed by atoms with Gasteiger partial charge in [-0.05, 0) is 6.42 Å². The number of hydrogen-bond donors (Lipinski definition) is 1. The monoisotopic (exact) mass is 256 g/mol. The summed E-state index contributed by atoms with van der Waals surface area (Å²) >= 11 is 0. The van der Waals surface area contributed by atoms with Crippen molar-refractivity contribution in [3.63, 3.8) is 0 Å². The van der Waals surface area contributed by atoms with Crippen LogP contribution < -0.4 is 0 Å². The summed E-state index contributed by atoms with van der Waals surface area (Å²) in [6, 6.07) is 0. The van der Waals surface area contributed by atoms with Gasteiger partial charge in [0.1, 0.15) is 5.92 Å². The van der Waals surface area contributed by atoms with Crippen molar-refractivity contribution in [2.24, 2.45) is 11.3 Å². The molecule has 0 amide bonds. The fourth-order valence-corrected chi connectivity index (χ4v) is 2.02. The van der Waals surface area contributed by atoms with Crippen molar-refractivity contribution in [2.45, 2.75) is 72.6 Å². The number of aliphatic carboxylic acids is 1. The number of rotatable bonds is 9. The SMILES string of the molecule is CCCCCCCCC(C(=O)O)C(=O)C(C)(C)C. The molecule has 0 aromatic carbocycles. The smallest absolute Gasteiger partial charge is 0.314 e. The zero-order valence-electron chi connectivity index (χ0n) is 12.3. The second-order valence-electron chi connectivity index (χ2n) is 6.06. The molecule has 0 aromatic rings. The Balaban J connectivity index is 4.07. The summed E-state index contributed by atoms with van der Waals surface area (Å²) < 4.78 is 0. The molecule has 1 N–H and O–H groups in total. The molecule has 0 aliphatic rings. The Bertz CT molecular complexity index is 263. The van der Waals surface area contributed by atoms with Gasteiger partial charge in [0.2, 0.25) is 0 Å². The highest BCUT2D eigenvalue weighted by Gasteiger charge is 2.33. The second kappa shape index (κ2) is 8.28. The molecule has 0 saturated heterocycles. The highest BCUT2D eigenvalue weighted by atomic mass is 16.4. The van der Waals surface area contributed by atoms with Crippen LogP contribution in [0.5, 0.6) is 0 Å².